The number of nitrogens with one attached hydrogen (secondary N) is 1. The molecule has 0 saturated heterocycles. The molecule has 0 fully saturated rings. The number of fused-ring (bicyclic) bond motifs is 1. The number of aromatic nitrogens is 3. The molecule has 3 aromatic heterocycles. The Kier molecular flexibility index (Phi) is 5.69. The average Bonchev–Trinajstić information content (AvgIpc) is 3.47. The van der Waals surface area contributed by atoms with Gasteiger partial charge in [0.1, 0.15) is 27.9 Å². The zero-order chi connectivity index (χ0) is 23.7. The highest BCUT2D eigenvalue weighted by atomic mass is 32.1. The molecule has 9 heteroatoms. The number of anilines is 1. The summed E-state index contributed by atoms with van der Waals surface area (Å²) in [6, 6.07) is 17.5. The van der Waals surface area contributed by atoms with Crippen LogP contribution in [0.2, 0.25) is 0 Å². The van der Waals surface area contributed by atoms with E-state index in [2.05, 4.69) is 10.4 Å². The third-order valence-corrected chi connectivity index (χ3v) is 6.03. The summed E-state index contributed by atoms with van der Waals surface area (Å²) in [5, 5.41) is 10.3. The molecule has 3 heterocycles. The first-order chi connectivity index (χ1) is 16.5. The molecule has 0 aliphatic heterocycles. The van der Waals surface area contributed by atoms with Crippen LogP contribution >= 0.6 is 11.3 Å². The van der Waals surface area contributed by atoms with Crippen LogP contribution in [0.15, 0.2) is 75.3 Å². The number of hydrogen-bond acceptors (Lipinski definition) is 7. The fourth-order valence-electron chi connectivity index (χ4n) is 3.50. The van der Waals surface area contributed by atoms with Crippen LogP contribution < -0.4 is 15.5 Å². The van der Waals surface area contributed by atoms with E-state index in [1.165, 1.54) is 17.4 Å². The monoisotopic (exact) mass is 472 g/mol. The Morgan fingerprint density at radius 1 is 1.12 bits per heavy atom. The second kappa shape index (κ2) is 8.95. The lowest BCUT2D eigenvalue weighted by Gasteiger charge is -2.05. The number of carbonyl (C=O) groups is 1. The van der Waals surface area contributed by atoms with Crippen molar-refractivity contribution in [3.8, 4) is 27.7 Å². The van der Waals surface area contributed by atoms with E-state index >= 15 is 0 Å². The normalized spacial score (nSPS) is 11.0. The van der Waals surface area contributed by atoms with Crippen molar-refractivity contribution in [1.82, 2.24) is 14.8 Å². The summed E-state index contributed by atoms with van der Waals surface area (Å²) in [4.78, 5) is 29.8. The Labute approximate surface area is 198 Å². The van der Waals surface area contributed by atoms with Gasteiger partial charge in [-0.05, 0) is 43.3 Å². The van der Waals surface area contributed by atoms with Gasteiger partial charge in [0.15, 0.2) is 11.2 Å². The standard InChI is InChI=1S/C25H20N4O4S/c1-3-32-16-10-8-15(9-11-16)19-14-34-25(26-19)18-12-23(29(2)28-18)27-24(31)22-13-20(30)17-6-4-5-7-21(17)33-22/h4-14H,3H2,1-2H3,(H,27,31). The third-order valence-electron chi connectivity index (χ3n) is 5.16. The van der Waals surface area contributed by atoms with Crippen LogP contribution in [0, 0.1) is 0 Å². The molecule has 5 rings (SSSR count). The molecule has 2 aromatic carbocycles. The fraction of sp³-hybridized carbons (Fsp3) is 0.120. The molecule has 34 heavy (non-hydrogen) atoms. The van der Waals surface area contributed by atoms with Crippen LogP contribution in [0.25, 0.3) is 32.9 Å². The number of amides is 1. The van der Waals surface area contributed by atoms with Gasteiger partial charge in [0.05, 0.1) is 17.7 Å². The zero-order valence-electron chi connectivity index (χ0n) is 18.4. The highest BCUT2D eigenvalue weighted by Crippen LogP contribution is 2.30. The number of aryl methyl sites for hydroxylation is 1. The summed E-state index contributed by atoms with van der Waals surface area (Å²) in [7, 11) is 1.72. The molecule has 5 aromatic rings. The minimum Gasteiger partial charge on any atom is -0.494 e. The average molecular weight is 473 g/mol. The Balaban J connectivity index is 1.36. The van der Waals surface area contributed by atoms with Crippen LogP contribution in [-0.4, -0.2) is 27.3 Å². The number of benzene rings is 2. The topological polar surface area (TPSA) is 99.2 Å². The third kappa shape index (κ3) is 4.20. The first-order valence-corrected chi connectivity index (χ1v) is 11.5. The maximum Gasteiger partial charge on any atom is 0.292 e. The van der Waals surface area contributed by atoms with Crippen molar-refractivity contribution in [2.45, 2.75) is 6.92 Å². The SMILES string of the molecule is CCOc1ccc(-c2csc(-c3cc(NC(=O)c4cc(=O)c5ccccc5o4)n(C)n3)n2)cc1. The number of nitrogens with zero attached hydrogens (tertiary/aromatic N) is 3. The number of para-hydroxylation sites is 1. The molecule has 0 unspecified atom stereocenters. The van der Waals surface area contributed by atoms with Crippen LogP contribution in [0.5, 0.6) is 5.75 Å². The Bertz CT molecular complexity index is 1550. The molecule has 0 radical (unpaired) electrons. The van der Waals surface area contributed by atoms with Gasteiger partial charge in [0.2, 0.25) is 0 Å². The minimum absolute atomic E-state index is 0.0708. The van der Waals surface area contributed by atoms with Crippen LogP contribution in [0.3, 0.4) is 0 Å². The highest BCUT2D eigenvalue weighted by Gasteiger charge is 2.17. The summed E-state index contributed by atoms with van der Waals surface area (Å²) in [5.74, 6) is 0.660. The number of thiazole rings is 1. The molecule has 1 N–H and O–H groups in total. The largest absolute Gasteiger partial charge is 0.494 e. The Morgan fingerprint density at radius 2 is 1.91 bits per heavy atom. The van der Waals surface area contributed by atoms with Gasteiger partial charge in [0.25, 0.3) is 5.91 Å². The minimum atomic E-state index is -0.536. The highest BCUT2D eigenvalue weighted by molar-refractivity contribution is 7.13. The van der Waals surface area contributed by atoms with Gasteiger partial charge in [-0.3, -0.25) is 14.3 Å². The van der Waals surface area contributed by atoms with Crippen LogP contribution in [0.1, 0.15) is 17.5 Å². The lowest BCUT2D eigenvalue weighted by atomic mass is 10.2. The van der Waals surface area contributed by atoms with Crippen molar-refractivity contribution >= 4 is 34.0 Å². The Morgan fingerprint density at radius 3 is 2.71 bits per heavy atom. The van der Waals surface area contributed by atoms with Gasteiger partial charge < -0.3 is 14.5 Å². The molecular formula is C25H20N4O4S. The second-order valence-electron chi connectivity index (χ2n) is 7.46. The number of hydrogen-bond donors (Lipinski definition) is 1. The maximum absolute atomic E-state index is 12.8. The fourth-order valence-corrected chi connectivity index (χ4v) is 4.28. The smallest absolute Gasteiger partial charge is 0.292 e. The van der Waals surface area contributed by atoms with Gasteiger partial charge in [-0.1, -0.05) is 12.1 Å². The summed E-state index contributed by atoms with van der Waals surface area (Å²) in [5.41, 5.74) is 2.51. The van der Waals surface area contributed by atoms with Gasteiger partial charge in [-0.15, -0.1) is 11.3 Å². The predicted octanol–water partition coefficient (Wildman–Crippen LogP) is 4.97. The van der Waals surface area contributed by atoms with E-state index < -0.39 is 5.91 Å². The van der Waals surface area contributed by atoms with Crippen molar-refractivity contribution in [2.75, 3.05) is 11.9 Å². The lowest BCUT2D eigenvalue weighted by Crippen LogP contribution is -2.16. The van der Waals surface area contributed by atoms with Crippen molar-refractivity contribution in [3.63, 3.8) is 0 Å². The van der Waals surface area contributed by atoms with E-state index in [4.69, 9.17) is 14.1 Å². The van der Waals surface area contributed by atoms with Gasteiger partial charge in [-0.25, -0.2) is 4.98 Å². The summed E-state index contributed by atoms with van der Waals surface area (Å²) in [6.07, 6.45) is 0. The van der Waals surface area contributed by atoms with Crippen molar-refractivity contribution in [3.05, 3.63) is 82.0 Å². The van der Waals surface area contributed by atoms with Crippen LogP contribution in [0.4, 0.5) is 5.82 Å². The van der Waals surface area contributed by atoms with Crippen molar-refractivity contribution < 1.29 is 13.9 Å². The number of rotatable bonds is 6. The van der Waals surface area contributed by atoms with E-state index in [9.17, 15) is 9.59 Å². The summed E-state index contributed by atoms with van der Waals surface area (Å²) in [6.45, 7) is 2.56. The first kappa shape index (κ1) is 21.6. The second-order valence-corrected chi connectivity index (χ2v) is 8.32. The van der Waals surface area contributed by atoms with Crippen LogP contribution in [-0.2, 0) is 7.05 Å². The van der Waals surface area contributed by atoms with E-state index in [1.54, 1.807) is 42.1 Å². The molecular weight excluding hydrogens is 452 g/mol. The zero-order valence-corrected chi connectivity index (χ0v) is 19.3. The molecule has 0 spiro atoms. The summed E-state index contributed by atoms with van der Waals surface area (Å²) >= 11 is 1.46. The lowest BCUT2D eigenvalue weighted by molar-refractivity contribution is 0.0996. The van der Waals surface area contributed by atoms with Gasteiger partial charge >= 0.3 is 0 Å². The molecule has 0 saturated carbocycles. The van der Waals surface area contributed by atoms with Crippen molar-refractivity contribution in [1.29, 1.82) is 0 Å². The first-order valence-electron chi connectivity index (χ1n) is 10.6. The van der Waals surface area contributed by atoms with E-state index in [1.807, 2.05) is 36.6 Å². The Hall–Kier alpha value is -4.24. The maximum atomic E-state index is 12.8. The van der Waals surface area contributed by atoms with Crippen molar-refractivity contribution in [2.24, 2.45) is 7.05 Å². The molecule has 0 atom stereocenters. The number of carbonyl (C=O) groups excluding carboxylic acids is 1. The molecule has 0 bridgehead atoms. The van der Waals surface area contributed by atoms with E-state index in [0.717, 1.165) is 22.0 Å². The molecule has 8 nitrogen and oxygen atoms in total. The van der Waals surface area contributed by atoms with E-state index in [0.29, 0.717) is 29.1 Å². The molecule has 0 aliphatic rings. The summed E-state index contributed by atoms with van der Waals surface area (Å²) < 4.78 is 12.7. The van der Waals surface area contributed by atoms with E-state index in [-0.39, 0.29) is 11.2 Å². The number of ether oxygens (including phenoxy) is 1. The molecule has 0 aliphatic carbocycles. The molecule has 1 amide bonds. The predicted molar refractivity (Wildman–Crippen MR) is 131 cm³/mol. The molecule has 170 valence electrons. The quantitative estimate of drug-likeness (QED) is 0.375. The van der Waals surface area contributed by atoms with Gasteiger partial charge in [0, 0.05) is 30.1 Å². The van der Waals surface area contributed by atoms with Gasteiger partial charge in [-0.2, -0.15) is 5.10 Å².